The number of anilines is 1. The first-order valence-corrected chi connectivity index (χ1v) is 16.5. The Labute approximate surface area is 260 Å². The fourth-order valence-electron chi connectivity index (χ4n) is 6.92. The molecular weight excluding hydrogens is 580 g/mol. The van der Waals surface area contributed by atoms with E-state index in [0.717, 1.165) is 54.9 Å². The second-order valence-corrected chi connectivity index (χ2v) is 13.1. The summed E-state index contributed by atoms with van der Waals surface area (Å²) in [7, 11) is 0. The Morgan fingerprint density at radius 2 is 1.93 bits per heavy atom. The van der Waals surface area contributed by atoms with Gasteiger partial charge in [0.2, 0.25) is 0 Å². The van der Waals surface area contributed by atoms with E-state index in [4.69, 9.17) is 11.6 Å². The summed E-state index contributed by atoms with van der Waals surface area (Å²) in [6.07, 6.45) is 8.81. The van der Waals surface area contributed by atoms with Crippen LogP contribution in [0.1, 0.15) is 77.4 Å². The SMILES string of the molecule is CCCN1CCC(c2ccc(-c3cc(Cl)c4c(c3)C(=O)N(C(C(=O)Nc3nccs3)c3ncn5c3CCC5)C4)cc2)CC1. The summed E-state index contributed by atoms with van der Waals surface area (Å²) in [6.45, 7) is 6.84. The van der Waals surface area contributed by atoms with Gasteiger partial charge in [0, 0.05) is 46.5 Å². The fraction of sp³-hybridized carbons (Fsp3) is 0.394. The number of nitrogens with one attached hydrogen (secondary N) is 1. The van der Waals surface area contributed by atoms with Crippen LogP contribution in [0.3, 0.4) is 0 Å². The lowest BCUT2D eigenvalue weighted by Crippen LogP contribution is -2.38. The number of hydrogen-bond donors (Lipinski definition) is 1. The smallest absolute Gasteiger partial charge is 0.255 e. The predicted molar refractivity (Wildman–Crippen MR) is 170 cm³/mol. The molecule has 3 aliphatic heterocycles. The molecule has 5 heterocycles. The highest BCUT2D eigenvalue weighted by Gasteiger charge is 2.41. The summed E-state index contributed by atoms with van der Waals surface area (Å²) in [5, 5.41) is 5.74. The van der Waals surface area contributed by atoms with Gasteiger partial charge in [-0.05, 0) is 86.5 Å². The molecule has 222 valence electrons. The lowest BCUT2D eigenvalue weighted by molar-refractivity contribution is -0.121. The molecule has 0 bridgehead atoms. The zero-order valence-electron chi connectivity index (χ0n) is 24.3. The van der Waals surface area contributed by atoms with Gasteiger partial charge in [-0.15, -0.1) is 11.3 Å². The number of halogens is 1. The molecule has 7 rings (SSSR count). The zero-order valence-corrected chi connectivity index (χ0v) is 25.8. The molecule has 43 heavy (non-hydrogen) atoms. The van der Waals surface area contributed by atoms with Gasteiger partial charge >= 0.3 is 0 Å². The first-order valence-electron chi connectivity index (χ1n) is 15.2. The Bertz CT molecular complexity index is 1640. The molecule has 2 amide bonds. The van der Waals surface area contributed by atoms with E-state index in [1.165, 1.54) is 42.7 Å². The minimum absolute atomic E-state index is 0.215. The summed E-state index contributed by atoms with van der Waals surface area (Å²) in [6, 6.07) is 11.7. The van der Waals surface area contributed by atoms with E-state index < -0.39 is 6.04 Å². The van der Waals surface area contributed by atoms with E-state index in [-0.39, 0.29) is 18.4 Å². The number of nitrogens with zero attached hydrogens (tertiary/aromatic N) is 5. The lowest BCUT2D eigenvalue weighted by Gasteiger charge is -2.32. The number of carbonyl (C=O) groups is 2. The normalized spacial score (nSPS) is 17.7. The molecule has 1 atom stereocenters. The molecule has 8 nitrogen and oxygen atoms in total. The van der Waals surface area contributed by atoms with Crippen LogP contribution in [0.5, 0.6) is 0 Å². The fourth-order valence-corrected chi connectivity index (χ4v) is 7.73. The minimum Gasteiger partial charge on any atom is -0.334 e. The molecule has 3 aliphatic rings. The van der Waals surface area contributed by atoms with E-state index in [1.54, 1.807) is 22.8 Å². The van der Waals surface area contributed by atoms with Gasteiger partial charge in [-0.1, -0.05) is 42.8 Å². The van der Waals surface area contributed by atoms with Crippen molar-refractivity contribution >= 4 is 39.9 Å². The summed E-state index contributed by atoms with van der Waals surface area (Å²) >= 11 is 8.19. The molecular formula is C33H35ClN6O2S. The molecule has 0 spiro atoms. The third-order valence-corrected chi connectivity index (χ3v) is 10.2. The zero-order chi connectivity index (χ0) is 29.5. The maximum absolute atomic E-state index is 14.0. The quantitative estimate of drug-likeness (QED) is 0.244. The average molecular weight is 615 g/mol. The number of aryl methyl sites for hydroxylation is 1. The van der Waals surface area contributed by atoms with E-state index in [9.17, 15) is 9.59 Å². The highest BCUT2D eigenvalue weighted by atomic mass is 35.5. The van der Waals surface area contributed by atoms with Crippen LogP contribution in [0.2, 0.25) is 5.02 Å². The van der Waals surface area contributed by atoms with Crippen LogP contribution < -0.4 is 5.32 Å². The molecule has 0 saturated carbocycles. The van der Waals surface area contributed by atoms with Gasteiger partial charge in [-0.3, -0.25) is 14.9 Å². The molecule has 2 aromatic heterocycles. The third kappa shape index (κ3) is 5.39. The van der Waals surface area contributed by atoms with Crippen LogP contribution in [-0.2, 0) is 24.3 Å². The van der Waals surface area contributed by atoms with Crippen molar-refractivity contribution in [3.05, 3.63) is 87.4 Å². The van der Waals surface area contributed by atoms with Gasteiger partial charge in [-0.25, -0.2) is 9.97 Å². The second-order valence-electron chi connectivity index (χ2n) is 11.8. The van der Waals surface area contributed by atoms with Crippen LogP contribution >= 0.6 is 22.9 Å². The Kier molecular flexibility index (Phi) is 7.80. The Balaban J connectivity index is 1.15. The van der Waals surface area contributed by atoms with Crippen molar-refractivity contribution in [3.63, 3.8) is 0 Å². The van der Waals surface area contributed by atoms with E-state index >= 15 is 0 Å². The Morgan fingerprint density at radius 1 is 1.12 bits per heavy atom. The number of likely N-dealkylation sites (tertiary alicyclic amines) is 1. The summed E-state index contributed by atoms with van der Waals surface area (Å²) < 4.78 is 2.08. The minimum atomic E-state index is -0.888. The van der Waals surface area contributed by atoms with Crippen molar-refractivity contribution in [3.8, 4) is 11.1 Å². The molecule has 1 fully saturated rings. The molecule has 2 aromatic carbocycles. The maximum Gasteiger partial charge on any atom is 0.255 e. The van der Waals surface area contributed by atoms with Gasteiger partial charge in [0.25, 0.3) is 11.8 Å². The largest absolute Gasteiger partial charge is 0.334 e. The van der Waals surface area contributed by atoms with Gasteiger partial charge in [0.1, 0.15) is 0 Å². The van der Waals surface area contributed by atoms with Crippen LogP contribution in [-0.4, -0.2) is 55.8 Å². The lowest BCUT2D eigenvalue weighted by atomic mass is 9.88. The summed E-state index contributed by atoms with van der Waals surface area (Å²) in [5.41, 5.74) is 6.21. The predicted octanol–water partition coefficient (Wildman–Crippen LogP) is 6.53. The van der Waals surface area contributed by atoms with Crippen LogP contribution in [0.25, 0.3) is 11.1 Å². The molecule has 1 saturated heterocycles. The number of aromatic nitrogens is 3. The van der Waals surface area contributed by atoms with Crippen molar-refractivity contribution in [1.82, 2.24) is 24.3 Å². The molecule has 4 aromatic rings. The number of imidazole rings is 1. The molecule has 10 heteroatoms. The van der Waals surface area contributed by atoms with E-state index in [2.05, 4.69) is 55.9 Å². The maximum atomic E-state index is 14.0. The van der Waals surface area contributed by atoms with Crippen molar-refractivity contribution < 1.29 is 9.59 Å². The van der Waals surface area contributed by atoms with Crippen molar-refractivity contribution in [2.24, 2.45) is 0 Å². The van der Waals surface area contributed by atoms with Crippen molar-refractivity contribution in [2.75, 3.05) is 25.0 Å². The molecule has 0 radical (unpaired) electrons. The number of hydrogen-bond acceptors (Lipinski definition) is 6. The van der Waals surface area contributed by atoms with Gasteiger partial charge in [0.05, 0.1) is 12.0 Å². The van der Waals surface area contributed by atoms with Gasteiger partial charge in [0.15, 0.2) is 11.2 Å². The highest BCUT2D eigenvalue weighted by molar-refractivity contribution is 7.13. The van der Waals surface area contributed by atoms with E-state index in [0.29, 0.717) is 27.3 Å². The standard InChI is InChI=1S/C33H35ClN6O2S/c1-2-12-38-14-9-23(10-15-38)21-5-7-22(8-6-21)24-17-25-26(27(34)18-24)19-40(32(25)42)30(31(41)37-33-35-11-16-43-33)29-28-4-3-13-39(28)20-36-29/h5-8,11,16-18,20,23,30H,2-4,9-10,12-15,19H2,1H3,(H,35,37,41). The number of piperidine rings is 1. The van der Waals surface area contributed by atoms with Crippen LogP contribution in [0.15, 0.2) is 54.3 Å². The monoisotopic (exact) mass is 614 g/mol. The summed E-state index contributed by atoms with van der Waals surface area (Å²) in [5.74, 6) is 0.0444. The van der Waals surface area contributed by atoms with Gasteiger partial charge < -0.3 is 14.4 Å². The van der Waals surface area contributed by atoms with Crippen LogP contribution in [0, 0.1) is 0 Å². The van der Waals surface area contributed by atoms with Crippen LogP contribution in [0.4, 0.5) is 5.13 Å². The number of fused-ring (bicyclic) bond motifs is 2. The first kappa shape index (κ1) is 28.3. The Hall–Kier alpha value is -3.53. The average Bonchev–Trinajstić information content (AvgIpc) is 3.82. The van der Waals surface area contributed by atoms with Gasteiger partial charge in [-0.2, -0.15) is 0 Å². The number of benzene rings is 2. The molecule has 0 aliphatic carbocycles. The number of amides is 2. The first-order chi connectivity index (χ1) is 21.0. The number of rotatable bonds is 8. The third-order valence-electron chi connectivity index (χ3n) is 9.13. The van der Waals surface area contributed by atoms with Crippen molar-refractivity contribution in [2.45, 2.75) is 64.1 Å². The highest BCUT2D eigenvalue weighted by Crippen LogP contribution is 2.40. The molecule has 1 unspecified atom stereocenters. The number of thiazole rings is 1. The second kappa shape index (κ2) is 11.9. The summed E-state index contributed by atoms with van der Waals surface area (Å²) in [4.78, 5) is 40.8. The topological polar surface area (TPSA) is 83.4 Å². The number of carbonyl (C=O) groups excluding carboxylic acids is 2. The van der Waals surface area contributed by atoms with E-state index in [1.807, 2.05) is 12.1 Å². The Morgan fingerprint density at radius 3 is 2.67 bits per heavy atom. The molecule has 1 N–H and O–H groups in total. The van der Waals surface area contributed by atoms with Crippen molar-refractivity contribution in [1.29, 1.82) is 0 Å².